The number of likely N-dealkylation sites (N-methyl/N-ethyl adjacent to an activating group) is 1. The molecule has 0 radical (unpaired) electrons. The molecule has 1 saturated heterocycles. The van der Waals surface area contributed by atoms with E-state index >= 15 is 0 Å². The Bertz CT molecular complexity index is 434. The molecule has 1 aliphatic heterocycles. The number of rotatable bonds is 1. The van der Waals surface area contributed by atoms with Gasteiger partial charge in [0.15, 0.2) is 0 Å². The molecule has 0 aromatic rings. The predicted octanol–water partition coefficient (Wildman–Crippen LogP) is 3.75. The number of aliphatic imine (C=N–C) groups is 1. The highest BCUT2D eigenvalue weighted by atomic mass is 15.3. The molecule has 4 fully saturated rings. The van der Waals surface area contributed by atoms with Crippen molar-refractivity contribution in [1.82, 2.24) is 9.80 Å². The van der Waals surface area contributed by atoms with Crippen LogP contribution in [0.4, 0.5) is 0 Å². The summed E-state index contributed by atoms with van der Waals surface area (Å²) >= 11 is 0. The summed E-state index contributed by atoms with van der Waals surface area (Å²) in [5, 5.41) is 0. The van der Waals surface area contributed by atoms with Crippen molar-refractivity contribution in [1.29, 1.82) is 0 Å². The molecular formula is C19H37N3. The van der Waals surface area contributed by atoms with E-state index in [0.717, 1.165) is 19.0 Å². The number of fused-ring (bicyclic) bond motifs is 2. The zero-order valence-corrected chi connectivity index (χ0v) is 14.8. The maximum absolute atomic E-state index is 5.18. The first-order valence-electron chi connectivity index (χ1n) is 8.73. The average molecular weight is 308 g/mol. The van der Waals surface area contributed by atoms with Crippen LogP contribution >= 0.6 is 0 Å². The lowest BCUT2D eigenvalue weighted by molar-refractivity contribution is -0.188. The first kappa shape index (κ1) is 17.8. The van der Waals surface area contributed by atoms with Crippen LogP contribution in [0, 0.1) is 22.7 Å². The fourth-order valence-electron chi connectivity index (χ4n) is 5.05. The Morgan fingerprint density at radius 1 is 1.09 bits per heavy atom. The quantitative estimate of drug-likeness (QED) is 0.543. The summed E-state index contributed by atoms with van der Waals surface area (Å²) in [7, 11) is 2.21. The van der Waals surface area contributed by atoms with Crippen LogP contribution in [0.3, 0.4) is 0 Å². The molecule has 1 heterocycles. The van der Waals surface area contributed by atoms with Crippen molar-refractivity contribution in [2.75, 3.05) is 33.2 Å². The van der Waals surface area contributed by atoms with Crippen LogP contribution in [-0.4, -0.2) is 54.9 Å². The molecule has 22 heavy (non-hydrogen) atoms. The highest BCUT2D eigenvalue weighted by Gasteiger charge is 2.64. The van der Waals surface area contributed by atoms with Gasteiger partial charge in [0.25, 0.3) is 0 Å². The van der Waals surface area contributed by atoms with E-state index in [1.54, 1.807) is 0 Å². The van der Waals surface area contributed by atoms with Crippen molar-refractivity contribution in [3.8, 4) is 0 Å². The van der Waals surface area contributed by atoms with Gasteiger partial charge in [0, 0.05) is 26.2 Å². The minimum Gasteiger partial charge on any atom is -0.358 e. The summed E-state index contributed by atoms with van der Waals surface area (Å²) in [6.45, 7) is 16.7. The highest BCUT2D eigenvalue weighted by Crippen LogP contribution is 2.69. The fourth-order valence-corrected chi connectivity index (χ4v) is 5.05. The SMILES string of the molecule is C.CC(=NC1C[C@@H]2C[C@](C)([C@@H]1C)C2(C)C)N1CCN(C)CC1. The Balaban J connectivity index is 0.00000176. The second-order valence-corrected chi connectivity index (χ2v) is 8.60. The van der Waals surface area contributed by atoms with Crippen LogP contribution < -0.4 is 0 Å². The van der Waals surface area contributed by atoms with Crippen molar-refractivity contribution in [3.05, 3.63) is 0 Å². The van der Waals surface area contributed by atoms with Gasteiger partial charge in [0.2, 0.25) is 0 Å². The minimum atomic E-state index is 0. The Labute approximate surface area is 138 Å². The molecule has 3 aliphatic carbocycles. The first-order valence-corrected chi connectivity index (χ1v) is 8.73. The predicted molar refractivity (Wildman–Crippen MR) is 96.5 cm³/mol. The molecule has 4 atom stereocenters. The Morgan fingerprint density at radius 3 is 2.23 bits per heavy atom. The molecule has 2 bridgehead atoms. The van der Waals surface area contributed by atoms with E-state index in [1.165, 1.54) is 31.8 Å². The van der Waals surface area contributed by atoms with Crippen molar-refractivity contribution in [3.63, 3.8) is 0 Å². The van der Waals surface area contributed by atoms with Gasteiger partial charge in [0.1, 0.15) is 0 Å². The van der Waals surface area contributed by atoms with Crippen molar-refractivity contribution in [2.45, 2.75) is 60.9 Å². The number of hydrogen-bond donors (Lipinski definition) is 0. The smallest absolute Gasteiger partial charge is 0.0961 e. The first-order chi connectivity index (χ1) is 9.75. The van der Waals surface area contributed by atoms with Gasteiger partial charge in [-0.15, -0.1) is 0 Å². The van der Waals surface area contributed by atoms with Gasteiger partial charge in [-0.05, 0) is 49.5 Å². The molecule has 1 unspecified atom stereocenters. The summed E-state index contributed by atoms with van der Waals surface area (Å²) in [4.78, 5) is 10.1. The normalized spacial score (nSPS) is 41.6. The Kier molecular flexibility index (Phi) is 4.70. The van der Waals surface area contributed by atoms with Crippen LogP contribution in [0.2, 0.25) is 0 Å². The molecule has 3 saturated carbocycles. The fraction of sp³-hybridized carbons (Fsp3) is 0.947. The molecule has 128 valence electrons. The molecule has 4 rings (SSSR count). The maximum Gasteiger partial charge on any atom is 0.0961 e. The number of hydrogen-bond acceptors (Lipinski definition) is 2. The summed E-state index contributed by atoms with van der Waals surface area (Å²) in [6, 6.07) is 0.543. The molecule has 3 heteroatoms. The minimum absolute atomic E-state index is 0. The van der Waals surface area contributed by atoms with Gasteiger partial charge in [-0.2, -0.15) is 0 Å². The molecular weight excluding hydrogens is 270 g/mol. The molecule has 0 amide bonds. The van der Waals surface area contributed by atoms with E-state index in [0.29, 0.717) is 22.8 Å². The summed E-state index contributed by atoms with van der Waals surface area (Å²) in [5.74, 6) is 2.87. The van der Waals surface area contributed by atoms with E-state index in [4.69, 9.17) is 4.99 Å². The molecule has 3 nitrogen and oxygen atoms in total. The van der Waals surface area contributed by atoms with Crippen LogP contribution in [0.1, 0.15) is 54.9 Å². The molecule has 4 aliphatic rings. The van der Waals surface area contributed by atoms with E-state index in [-0.39, 0.29) is 7.43 Å². The van der Waals surface area contributed by atoms with Gasteiger partial charge >= 0.3 is 0 Å². The van der Waals surface area contributed by atoms with Crippen molar-refractivity contribution < 1.29 is 0 Å². The van der Waals surface area contributed by atoms with Gasteiger partial charge in [-0.25, -0.2) is 0 Å². The van der Waals surface area contributed by atoms with Crippen molar-refractivity contribution in [2.24, 2.45) is 27.7 Å². The average Bonchev–Trinajstić information content (AvgIpc) is 2.44. The zero-order valence-electron chi connectivity index (χ0n) is 14.8. The molecule has 0 N–H and O–H groups in total. The Hall–Kier alpha value is -0.570. The van der Waals surface area contributed by atoms with Crippen LogP contribution in [0.5, 0.6) is 0 Å². The lowest BCUT2D eigenvalue weighted by Gasteiger charge is -2.69. The lowest BCUT2D eigenvalue weighted by atomic mass is 9.37. The van der Waals surface area contributed by atoms with Gasteiger partial charge in [0.05, 0.1) is 11.9 Å². The van der Waals surface area contributed by atoms with E-state index in [9.17, 15) is 0 Å². The zero-order chi connectivity index (χ0) is 15.4. The van der Waals surface area contributed by atoms with Crippen LogP contribution in [-0.2, 0) is 0 Å². The third-order valence-corrected chi connectivity index (χ3v) is 7.58. The number of piperazine rings is 1. The summed E-state index contributed by atoms with van der Waals surface area (Å²) < 4.78 is 0. The highest BCUT2D eigenvalue weighted by molar-refractivity contribution is 5.80. The number of nitrogens with zero attached hydrogens (tertiary/aromatic N) is 3. The van der Waals surface area contributed by atoms with Crippen molar-refractivity contribution >= 4 is 5.84 Å². The summed E-state index contributed by atoms with van der Waals surface area (Å²) in [6.07, 6.45) is 2.72. The molecule has 0 spiro atoms. The standard InChI is InChI=1S/C18H33N3.CH4/c1-13-16(11-15-12-18(13,5)17(15,3)4)19-14(2)21-9-7-20(6)8-10-21;/h13,15-16H,7-12H2,1-6H3;1H4/t13-,15-,16?,18-;/m1./s1. The Morgan fingerprint density at radius 2 is 1.68 bits per heavy atom. The number of amidine groups is 1. The largest absolute Gasteiger partial charge is 0.358 e. The van der Waals surface area contributed by atoms with Crippen LogP contribution in [0.25, 0.3) is 0 Å². The maximum atomic E-state index is 5.18. The van der Waals surface area contributed by atoms with Gasteiger partial charge in [-0.1, -0.05) is 35.1 Å². The monoisotopic (exact) mass is 307 g/mol. The van der Waals surface area contributed by atoms with E-state index in [1.807, 2.05) is 0 Å². The second-order valence-electron chi connectivity index (χ2n) is 8.60. The van der Waals surface area contributed by atoms with Gasteiger partial charge in [-0.3, -0.25) is 4.99 Å². The third-order valence-electron chi connectivity index (χ3n) is 7.58. The summed E-state index contributed by atoms with van der Waals surface area (Å²) in [5.41, 5.74) is 1.01. The van der Waals surface area contributed by atoms with Crippen LogP contribution in [0.15, 0.2) is 4.99 Å². The van der Waals surface area contributed by atoms with E-state index in [2.05, 4.69) is 51.5 Å². The van der Waals surface area contributed by atoms with Gasteiger partial charge < -0.3 is 9.80 Å². The van der Waals surface area contributed by atoms with E-state index < -0.39 is 0 Å². The molecule has 0 aromatic heterocycles. The topological polar surface area (TPSA) is 18.8 Å². The lowest BCUT2D eigenvalue weighted by Crippen LogP contribution is -2.63. The second kappa shape index (κ2) is 5.81. The molecule has 0 aromatic carbocycles. The third kappa shape index (κ3) is 2.50.